The molecule has 0 unspecified atom stereocenters. The van der Waals surface area contributed by atoms with E-state index in [0.29, 0.717) is 12.0 Å². The molecule has 0 aliphatic heterocycles. The summed E-state index contributed by atoms with van der Waals surface area (Å²) >= 11 is 0. The molecule has 0 spiro atoms. The van der Waals surface area contributed by atoms with Gasteiger partial charge in [-0.15, -0.1) is 0 Å². The van der Waals surface area contributed by atoms with Gasteiger partial charge in [0.25, 0.3) is 0 Å². The Balaban J connectivity index is 0.00000456. The van der Waals surface area contributed by atoms with Crippen molar-refractivity contribution in [3.8, 4) is 11.5 Å². The van der Waals surface area contributed by atoms with Gasteiger partial charge in [0.1, 0.15) is 31.2 Å². The Kier molecular flexibility index (Phi) is 11.4. The standard InChI is InChI=1S/C32H50NO2.BrH/c1-31(2,3)25-32(4,5)28-15-19-29(20-16-28)34-22-21-33(6,7)23-26-13-17-30(18-14-26)35-24-27-11-9-8-10-12-27;/h13-20,27H,8-12,21-25H2,1-7H3;1H/q+1;/p-1. The van der Waals surface area contributed by atoms with Gasteiger partial charge in [0.2, 0.25) is 0 Å². The summed E-state index contributed by atoms with van der Waals surface area (Å²) in [6, 6.07) is 17.4. The van der Waals surface area contributed by atoms with Gasteiger partial charge < -0.3 is 30.9 Å². The number of likely N-dealkylation sites (N-methyl/N-ethyl adjacent to an activating group) is 1. The van der Waals surface area contributed by atoms with E-state index in [1.54, 1.807) is 0 Å². The first-order chi connectivity index (χ1) is 16.4. The van der Waals surface area contributed by atoms with E-state index < -0.39 is 0 Å². The first kappa shape index (κ1) is 30.7. The van der Waals surface area contributed by atoms with Crippen LogP contribution >= 0.6 is 0 Å². The molecule has 3 nitrogen and oxygen atoms in total. The molecule has 0 heterocycles. The molecule has 0 aromatic heterocycles. The summed E-state index contributed by atoms with van der Waals surface area (Å²) in [7, 11) is 4.55. The second-order valence-corrected chi connectivity index (χ2v) is 13.3. The summed E-state index contributed by atoms with van der Waals surface area (Å²) in [4.78, 5) is 0. The van der Waals surface area contributed by atoms with Crippen LogP contribution in [0, 0.1) is 11.3 Å². The van der Waals surface area contributed by atoms with Gasteiger partial charge in [0.15, 0.2) is 0 Å². The maximum Gasteiger partial charge on any atom is 0.137 e. The van der Waals surface area contributed by atoms with E-state index in [9.17, 15) is 0 Å². The van der Waals surface area contributed by atoms with Crippen LogP contribution in [0.25, 0.3) is 0 Å². The average molecular weight is 561 g/mol. The lowest BCUT2D eigenvalue weighted by Crippen LogP contribution is -3.00. The molecule has 1 aliphatic carbocycles. The third kappa shape index (κ3) is 10.5. The van der Waals surface area contributed by atoms with Gasteiger partial charge in [-0.05, 0) is 78.0 Å². The number of rotatable bonds is 11. The lowest BCUT2D eigenvalue weighted by molar-refractivity contribution is -0.903. The predicted molar refractivity (Wildman–Crippen MR) is 148 cm³/mol. The van der Waals surface area contributed by atoms with Crippen LogP contribution < -0.4 is 26.5 Å². The van der Waals surface area contributed by atoms with Crippen molar-refractivity contribution in [3.63, 3.8) is 0 Å². The number of quaternary nitrogens is 1. The number of halogens is 1. The smallest absolute Gasteiger partial charge is 0.137 e. The second-order valence-electron chi connectivity index (χ2n) is 13.3. The molecule has 2 aromatic rings. The molecule has 0 bridgehead atoms. The molecule has 4 heteroatoms. The fourth-order valence-corrected chi connectivity index (χ4v) is 5.67. The van der Waals surface area contributed by atoms with Gasteiger partial charge >= 0.3 is 0 Å². The molecule has 202 valence electrons. The Morgan fingerprint density at radius 2 is 1.33 bits per heavy atom. The average Bonchev–Trinajstić information content (AvgIpc) is 2.78. The van der Waals surface area contributed by atoms with E-state index in [1.807, 2.05) is 0 Å². The normalized spacial score (nSPS) is 15.3. The number of hydrogen-bond donors (Lipinski definition) is 0. The molecule has 0 amide bonds. The molecule has 1 aliphatic rings. The van der Waals surface area contributed by atoms with E-state index in [0.717, 1.165) is 48.0 Å². The molecule has 2 aromatic carbocycles. The summed E-state index contributed by atoms with van der Waals surface area (Å²) in [5.74, 6) is 2.70. The van der Waals surface area contributed by atoms with Crippen LogP contribution in [0.1, 0.15) is 84.3 Å². The van der Waals surface area contributed by atoms with Crippen molar-refractivity contribution >= 4 is 0 Å². The monoisotopic (exact) mass is 559 g/mol. The van der Waals surface area contributed by atoms with Crippen LogP contribution in [0.3, 0.4) is 0 Å². The summed E-state index contributed by atoms with van der Waals surface area (Å²) < 4.78 is 13.1. The van der Waals surface area contributed by atoms with E-state index in [1.165, 1.54) is 43.2 Å². The summed E-state index contributed by atoms with van der Waals surface area (Å²) in [6.45, 7) is 15.1. The molecule has 0 atom stereocenters. The van der Waals surface area contributed by atoms with Crippen LogP contribution in [0.2, 0.25) is 0 Å². The fourth-order valence-electron chi connectivity index (χ4n) is 5.67. The van der Waals surface area contributed by atoms with Gasteiger partial charge in [-0.3, -0.25) is 0 Å². The summed E-state index contributed by atoms with van der Waals surface area (Å²) in [6.07, 6.45) is 7.93. The first-order valence-corrected chi connectivity index (χ1v) is 13.7. The zero-order valence-corrected chi connectivity index (χ0v) is 25.5. The number of ether oxygens (including phenoxy) is 2. The molecule has 1 saturated carbocycles. The van der Waals surface area contributed by atoms with Crippen molar-refractivity contribution in [2.24, 2.45) is 11.3 Å². The van der Waals surface area contributed by atoms with Crippen molar-refractivity contribution in [2.45, 2.75) is 85.1 Å². The van der Waals surface area contributed by atoms with Gasteiger partial charge in [-0.25, -0.2) is 0 Å². The van der Waals surface area contributed by atoms with E-state index >= 15 is 0 Å². The minimum atomic E-state index is 0. The zero-order chi connectivity index (χ0) is 25.5. The largest absolute Gasteiger partial charge is 1.00 e. The van der Waals surface area contributed by atoms with Gasteiger partial charge in [-0.1, -0.05) is 66.0 Å². The Morgan fingerprint density at radius 1 is 0.778 bits per heavy atom. The van der Waals surface area contributed by atoms with Gasteiger partial charge in [-0.2, -0.15) is 0 Å². The minimum absolute atomic E-state index is 0. The van der Waals surface area contributed by atoms with E-state index in [-0.39, 0.29) is 22.4 Å². The zero-order valence-electron chi connectivity index (χ0n) is 23.9. The fraction of sp³-hybridized carbons (Fsp3) is 0.625. The number of nitrogens with zero attached hydrogens (tertiary/aromatic N) is 1. The third-order valence-corrected chi connectivity index (χ3v) is 7.32. The number of hydrogen-bond acceptors (Lipinski definition) is 2. The molecule has 0 saturated heterocycles. The van der Waals surface area contributed by atoms with Crippen LogP contribution in [0.5, 0.6) is 11.5 Å². The highest BCUT2D eigenvalue weighted by Gasteiger charge is 2.27. The Hall–Kier alpha value is -1.52. The van der Waals surface area contributed by atoms with Gasteiger partial charge in [0, 0.05) is 5.56 Å². The SMILES string of the molecule is CC(C)(C)CC(C)(C)c1ccc(OCC[N+](C)(C)Cc2ccc(OCC3CCCCC3)cc2)cc1.[Br-]. The molecule has 0 N–H and O–H groups in total. The van der Waals surface area contributed by atoms with E-state index in [2.05, 4.69) is 97.2 Å². The Bertz CT molecular complexity index is 891. The Labute approximate surface area is 231 Å². The quantitative estimate of drug-likeness (QED) is 0.360. The highest BCUT2D eigenvalue weighted by molar-refractivity contribution is 5.32. The lowest BCUT2D eigenvalue weighted by Gasteiger charge is -2.33. The highest BCUT2D eigenvalue weighted by atomic mass is 79.9. The second kappa shape index (κ2) is 13.3. The molecular weight excluding hydrogens is 510 g/mol. The predicted octanol–water partition coefficient (Wildman–Crippen LogP) is 5.02. The van der Waals surface area contributed by atoms with Crippen molar-refractivity contribution in [1.29, 1.82) is 0 Å². The van der Waals surface area contributed by atoms with Crippen LogP contribution in [0.4, 0.5) is 0 Å². The molecule has 36 heavy (non-hydrogen) atoms. The summed E-state index contributed by atoms with van der Waals surface area (Å²) in [5, 5.41) is 0. The van der Waals surface area contributed by atoms with Crippen molar-refractivity contribution in [1.82, 2.24) is 0 Å². The third-order valence-electron chi connectivity index (χ3n) is 7.32. The maximum atomic E-state index is 6.12. The van der Waals surface area contributed by atoms with Crippen LogP contribution in [0.15, 0.2) is 48.5 Å². The van der Waals surface area contributed by atoms with Crippen molar-refractivity contribution in [2.75, 3.05) is 33.9 Å². The van der Waals surface area contributed by atoms with E-state index in [4.69, 9.17) is 9.47 Å². The topological polar surface area (TPSA) is 18.5 Å². The minimum Gasteiger partial charge on any atom is -1.00 e. The maximum absolute atomic E-state index is 6.12. The van der Waals surface area contributed by atoms with Gasteiger partial charge in [0.05, 0.1) is 20.7 Å². The molecule has 0 radical (unpaired) electrons. The molecular formula is C32H50BrNO2. The van der Waals surface area contributed by atoms with Crippen molar-refractivity contribution < 1.29 is 30.9 Å². The Morgan fingerprint density at radius 3 is 1.92 bits per heavy atom. The van der Waals surface area contributed by atoms with Crippen LogP contribution in [-0.2, 0) is 12.0 Å². The molecule has 3 rings (SSSR count). The lowest BCUT2D eigenvalue weighted by atomic mass is 9.72. The first-order valence-electron chi connectivity index (χ1n) is 13.7. The summed E-state index contributed by atoms with van der Waals surface area (Å²) in [5.41, 5.74) is 3.18. The molecule has 1 fully saturated rings. The highest BCUT2D eigenvalue weighted by Crippen LogP contribution is 2.36. The van der Waals surface area contributed by atoms with Crippen LogP contribution in [-0.4, -0.2) is 38.3 Å². The number of benzene rings is 2. The van der Waals surface area contributed by atoms with Crippen molar-refractivity contribution in [3.05, 3.63) is 59.7 Å².